The van der Waals surface area contributed by atoms with Crippen LogP contribution in [-0.2, 0) is 0 Å². The van der Waals surface area contributed by atoms with Crippen molar-refractivity contribution in [2.24, 2.45) is 0 Å². The number of methoxy groups -OCH3 is 1. The Bertz CT molecular complexity index is 524. The van der Waals surface area contributed by atoms with Gasteiger partial charge in [-0.1, -0.05) is 11.3 Å². The first-order valence-electron chi connectivity index (χ1n) is 4.54. The van der Waals surface area contributed by atoms with Crippen LogP contribution in [0.4, 0.5) is 0 Å². The summed E-state index contributed by atoms with van der Waals surface area (Å²) in [4.78, 5) is 15.1. The predicted molar refractivity (Wildman–Crippen MR) is 59.7 cm³/mol. The Hall–Kier alpha value is -1.82. The van der Waals surface area contributed by atoms with Gasteiger partial charge in [-0.25, -0.2) is 0 Å². The van der Waals surface area contributed by atoms with Gasteiger partial charge in [0.25, 0.3) is 0 Å². The molecule has 82 valence electrons. The maximum Gasteiger partial charge on any atom is 0.190 e. The van der Waals surface area contributed by atoms with Gasteiger partial charge in [0.15, 0.2) is 10.8 Å². The zero-order valence-electron chi connectivity index (χ0n) is 8.80. The molecule has 0 bridgehead atoms. The number of ketones is 1. The number of carbonyl (C=O) groups is 1. The molecule has 0 aromatic carbocycles. The number of hydrogen-bond acceptors (Lipinski definition) is 6. The predicted octanol–water partition coefficient (Wildman–Crippen LogP) is 1.81. The van der Waals surface area contributed by atoms with E-state index in [2.05, 4.69) is 15.2 Å². The highest BCUT2D eigenvalue weighted by atomic mass is 32.1. The second-order valence-corrected chi connectivity index (χ2v) is 4.06. The molecule has 0 fully saturated rings. The van der Waals surface area contributed by atoms with E-state index in [9.17, 15) is 4.79 Å². The fraction of sp³-hybridized carbons (Fsp3) is 0.200. The monoisotopic (exact) mass is 235 g/mol. The summed E-state index contributed by atoms with van der Waals surface area (Å²) in [5, 5.41) is 8.80. The number of aromatic nitrogens is 3. The molecule has 16 heavy (non-hydrogen) atoms. The van der Waals surface area contributed by atoms with E-state index < -0.39 is 0 Å². The third-order valence-electron chi connectivity index (χ3n) is 1.92. The molecule has 2 rings (SSSR count). The first kappa shape index (κ1) is 10.7. The topological polar surface area (TPSA) is 65.0 Å². The van der Waals surface area contributed by atoms with Crippen LogP contribution in [0.1, 0.15) is 16.7 Å². The minimum Gasteiger partial charge on any atom is -0.495 e. The van der Waals surface area contributed by atoms with Crippen molar-refractivity contribution in [1.29, 1.82) is 0 Å². The van der Waals surface area contributed by atoms with Crippen LogP contribution >= 0.6 is 11.3 Å². The summed E-state index contributed by atoms with van der Waals surface area (Å²) in [6, 6.07) is 1.80. The molecular weight excluding hydrogens is 226 g/mol. The second kappa shape index (κ2) is 4.36. The van der Waals surface area contributed by atoms with Crippen LogP contribution in [0.3, 0.4) is 0 Å². The Labute approximate surface area is 96.1 Å². The molecule has 2 aromatic rings. The van der Waals surface area contributed by atoms with E-state index in [0.29, 0.717) is 15.8 Å². The van der Waals surface area contributed by atoms with Crippen LogP contribution in [0, 0.1) is 0 Å². The Morgan fingerprint density at radius 2 is 2.19 bits per heavy atom. The standard InChI is InChI=1S/C10H9N3O2S/c1-6(14)9-12-13-10(16-9)7-3-8(15-2)5-11-4-7/h3-5H,1-2H3. The molecule has 0 unspecified atom stereocenters. The average Bonchev–Trinajstić information content (AvgIpc) is 2.78. The number of carbonyl (C=O) groups excluding carboxylic acids is 1. The van der Waals surface area contributed by atoms with Gasteiger partial charge in [-0.15, -0.1) is 10.2 Å². The highest BCUT2D eigenvalue weighted by Gasteiger charge is 2.10. The van der Waals surface area contributed by atoms with Gasteiger partial charge in [0, 0.05) is 18.7 Å². The normalized spacial score (nSPS) is 10.1. The van der Waals surface area contributed by atoms with Crippen molar-refractivity contribution in [2.75, 3.05) is 7.11 Å². The molecule has 0 aliphatic heterocycles. The van der Waals surface area contributed by atoms with E-state index in [1.54, 1.807) is 25.6 Å². The van der Waals surface area contributed by atoms with Gasteiger partial charge in [0.2, 0.25) is 0 Å². The Morgan fingerprint density at radius 1 is 1.38 bits per heavy atom. The molecule has 2 heterocycles. The maximum atomic E-state index is 11.1. The lowest BCUT2D eigenvalue weighted by molar-refractivity contribution is 0.101. The smallest absolute Gasteiger partial charge is 0.190 e. The number of pyridine rings is 1. The Balaban J connectivity index is 2.38. The lowest BCUT2D eigenvalue weighted by Gasteiger charge is -1.99. The summed E-state index contributed by atoms with van der Waals surface area (Å²) in [6.45, 7) is 1.47. The van der Waals surface area contributed by atoms with Crippen LogP contribution in [0.2, 0.25) is 0 Å². The highest BCUT2D eigenvalue weighted by Crippen LogP contribution is 2.25. The van der Waals surface area contributed by atoms with Crippen molar-refractivity contribution in [2.45, 2.75) is 6.92 Å². The summed E-state index contributed by atoms with van der Waals surface area (Å²) >= 11 is 1.25. The number of ether oxygens (including phenoxy) is 1. The molecule has 0 N–H and O–H groups in total. The van der Waals surface area contributed by atoms with E-state index in [4.69, 9.17) is 4.74 Å². The zero-order valence-corrected chi connectivity index (χ0v) is 9.61. The molecule has 0 aliphatic carbocycles. The molecule has 0 saturated carbocycles. The highest BCUT2D eigenvalue weighted by molar-refractivity contribution is 7.16. The molecule has 0 atom stereocenters. The SMILES string of the molecule is COc1cncc(-c2nnc(C(C)=O)s2)c1. The minimum absolute atomic E-state index is 0.0837. The van der Waals surface area contributed by atoms with Crippen LogP contribution in [0.15, 0.2) is 18.5 Å². The molecule has 0 saturated heterocycles. The lowest BCUT2D eigenvalue weighted by atomic mass is 10.3. The van der Waals surface area contributed by atoms with E-state index in [0.717, 1.165) is 5.56 Å². The molecule has 5 nitrogen and oxygen atoms in total. The molecule has 0 amide bonds. The van der Waals surface area contributed by atoms with Gasteiger partial charge in [-0.05, 0) is 6.07 Å². The Morgan fingerprint density at radius 3 is 2.81 bits per heavy atom. The van der Waals surface area contributed by atoms with Gasteiger partial charge in [0.1, 0.15) is 10.8 Å². The fourth-order valence-electron chi connectivity index (χ4n) is 1.13. The largest absolute Gasteiger partial charge is 0.495 e. The fourth-order valence-corrected chi connectivity index (χ4v) is 1.85. The second-order valence-electron chi connectivity index (χ2n) is 3.08. The van der Waals surface area contributed by atoms with Gasteiger partial charge < -0.3 is 4.74 Å². The lowest BCUT2D eigenvalue weighted by Crippen LogP contribution is -1.88. The molecular formula is C10H9N3O2S. The number of Topliss-reactive ketones (excluding diaryl/α,β-unsaturated/α-hetero) is 1. The molecule has 2 aromatic heterocycles. The summed E-state index contributed by atoms with van der Waals surface area (Å²) in [6.07, 6.45) is 3.27. The van der Waals surface area contributed by atoms with E-state index in [1.165, 1.54) is 18.3 Å². The van der Waals surface area contributed by atoms with Gasteiger partial charge in [0.05, 0.1) is 13.3 Å². The average molecular weight is 235 g/mol. The first-order chi connectivity index (χ1) is 7.70. The van der Waals surface area contributed by atoms with Gasteiger partial charge >= 0.3 is 0 Å². The van der Waals surface area contributed by atoms with E-state index >= 15 is 0 Å². The molecule has 0 radical (unpaired) electrons. The summed E-state index contributed by atoms with van der Waals surface area (Å²) < 4.78 is 5.06. The van der Waals surface area contributed by atoms with Crippen molar-refractivity contribution in [3.8, 4) is 16.3 Å². The van der Waals surface area contributed by atoms with E-state index in [-0.39, 0.29) is 5.78 Å². The van der Waals surface area contributed by atoms with E-state index in [1.807, 2.05) is 0 Å². The molecule has 0 aliphatic rings. The van der Waals surface area contributed by atoms with Crippen LogP contribution in [-0.4, -0.2) is 28.1 Å². The summed E-state index contributed by atoms with van der Waals surface area (Å²) in [5.74, 6) is 0.566. The van der Waals surface area contributed by atoms with Gasteiger partial charge in [-0.3, -0.25) is 9.78 Å². The van der Waals surface area contributed by atoms with Crippen molar-refractivity contribution >= 4 is 17.1 Å². The zero-order chi connectivity index (χ0) is 11.5. The third-order valence-corrected chi connectivity index (χ3v) is 3.00. The Kier molecular flexibility index (Phi) is 2.91. The van der Waals surface area contributed by atoms with Crippen molar-refractivity contribution in [3.63, 3.8) is 0 Å². The molecule has 0 spiro atoms. The van der Waals surface area contributed by atoms with Crippen molar-refractivity contribution in [1.82, 2.24) is 15.2 Å². The van der Waals surface area contributed by atoms with Crippen LogP contribution in [0.25, 0.3) is 10.6 Å². The van der Waals surface area contributed by atoms with Gasteiger partial charge in [-0.2, -0.15) is 0 Å². The van der Waals surface area contributed by atoms with Crippen molar-refractivity contribution in [3.05, 3.63) is 23.5 Å². The minimum atomic E-state index is -0.0837. The summed E-state index contributed by atoms with van der Waals surface area (Å²) in [7, 11) is 1.57. The molecule has 6 heteroatoms. The first-order valence-corrected chi connectivity index (χ1v) is 5.36. The number of rotatable bonds is 3. The third kappa shape index (κ3) is 2.06. The number of hydrogen-bond donors (Lipinski definition) is 0. The quantitative estimate of drug-likeness (QED) is 0.759. The van der Waals surface area contributed by atoms with Crippen LogP contribution < -0.4 is 4.74 Å². The maximum absolute atomic E-state index is 11.1. The number of nitrogens with zero attached hydrogens (tertiary/aromatic N) is 3. The van der Waals surface area contributed by atoms with Crippen LogP contribution in [0.5, 0.6) is 5.75 Å². The summed E-state index contributed by atoms with van der Waals surface area (Å²) in [5.41, 5.74) is 0.796. The van der Waals surface area contributed by atoms with Crippen molar-refractivity contribution < 1.29 is 9.53 Å².